The zero-order valence-electron chi connectivity index (χ0n) is 22.5. The Hall–Kier alpha value is -3.14. The van der Waals surface area contributed by atoms with Crippen LogP contribution in [0.1, 0.15) is 65.2 Å². The number of ether oxygens (including phenoxy) is 4. The van der Waals surface area contributed by atoms with E-state index in [1.54, 1.807) is 14.2 Å². The summed E-state index contributed by atoms with van der Waals surface area (Å²) in [6, 6.07) is 20.7. The van der Waals surface area contributed by atoms with E-state index < -0.39 is 0 Å². The molecule has 4 nitrogen and oxygen atoms in total. The van der Waals surface area contributed by atoms with Crippen molar-refractivity contribution >= 4 is 0 Å². The molecule has 194 valence electrons. The van der Waals surface area contributed by atoms with Gasteiger partial charge in [-0.25, -0.2) is 0 Å². The lowest BCUT2D eigenvalue weighted by molar-refractivity contribution is 0.259. The third-order valence-electron chi connectivity index (χ3n) is 6.37. The number of benzene rings is 3. The molecular weight excluding hydrogens is 448 g/mol. The highest BCUT2D eigenvalue weighted by Crippen LogP contribution is 2.43. The van der Waals surface area contributed by atoms with E-state index in [0.717, 1.165) is 46.6 Å². The van der Waals surface area contributed by atoms with Crippen LogP contribution in [0.4, 0.5) is 0 Å². The zero-order valence-corrected chi connectivity index (χ0v) is 22.5. The van der Waals surface area contributed by atoms with Crippen LogP contribution in [0.25, 0.3) is 22.3 Å². The van der Waals surface area contributed by atoms with Crippen LogP contribution in [0.15, 0.2) is 60.7 Å². The topological polar surface area (TPSA) is 36.9 Å². The van der Waals surface area contributed by atoms with Crippen molar-refractivity contribution < 1.29 is 18.9 Å². The zero-order chi connectivity index (χ0) is 25.6. The molecule has 0 bridgehead atoms. The molecule has 0 fully saturated rings. The molecule has 0 saturated heterocycles. The van der Waals surface area contributed by atoms with E-state index in [1.165, 1.54) is 38.5 Å². The van der Waals surface area contributed by atoms with Gasteiger partial charge in [0, 0.05) is 0 Å². The van der Waals surface area contributed by atoms with Crippen molar-refractivity contribution in [1.29, 1.82) is 0 Å². The van der Waals surface area contributed by atoms with Crippen LogP contribution in [0.2, 0.25) is 0 Å². The molecule has 36 heavy (non-hydrogen) atoms. The standard InChI is InChI=1S/C32H42O4/c1-5-7-9-14-20-35-29-19-18-26(22-32(29)36-21-15-10-8-6-2)28-24-31(34-4)30(33-3)23-27(28)25-16-12-11-13-17-25/h11-13,16-19,22-24H,5-10,14-15,20-21H2,1-4H3. The van der Waals surface area contributed by atoms with E-state index in [4.69, 9.17) is 18.9 Å². The molecule has 0 amide bonds. The van der Waals surface area contributed by atoms with Crippen LogP contribution in [0, 0.1) is 0 Å². The van der Waals surface area contributed by atoms with Crippen LogP contribution in [0.5, 0.6) is 23.0 Å². The molecule has 0 N–H and O–H groups in total. The second-order valence-electron chi connectivity index (χ2n) is 9.10. The van der Waals surface area contributed by atoms with Gasteiger partial charge in [-0.1, -0.05) is 88.8 Å². The second kappa shape index (κ2) is 15.1. The van der Waals surface area contributed by atoms with Gasteiger partial charge in [0.1, 0.15) is 0 Å². The molecule has 0 atom stereocenters. The van der Waals surface area contributed by atoms with E-state index in [9.17, 15) is 0 Å². The van der Waals surface area contributed by atoms with Crippen LogP contribution >= 0.6 is 0 Å². The molecular formula is C32H42O4. The Labute approximate surface area is 217 Å². The van der Waals surface area contributed by atoms with Crippen molar-refractivity contribution in [2.45, 2.75) is 65.2 Å². The first-order valence-electron chi connectivity index (χ1n) is 13.4. The van der Waals surface area contributed by atoms with Gasteiger partial charge < -0.3 is 18.9 Å². The van der Waals surface area contributed by atoms with E-state index >= 15 is 0 Å². The Morgan fingerprint density at radius 3 is 1.61 bits per heavy atom. The minimum atomic E-state index is 0.688. The molecule has 3 aromatic rings. The van der Waals surface area contributed by atoms with Crippen molar-refractivity contribution in [3.8, 4) is 45.3 Å². The minimum absolute atomic E-state index is 0.688. The predicted molar refractivity (Wildman–Crippen MR) is 150 cm³/mol. The van der Waals surface area contributed by atoms with Crippen molar-refractivity contribution in [1.82, 2.24) is 0 Å². The monoisotopic (exact) mass is 490 g/mol. The van der Waals surface area contributed by atoms with Gasteiger partial charge in [-0.3, -0.25) is 0 Å². The van der Waals surface area contributed by atoms with Gasteiger partial charge in [0.15, 0.2) is 23.0 Å². The van der Waals surface area contributed by atoms with Gasteiger partial charge in [-0.2, -0.15) is 0 Å². The first-order chi connectivity index (χ1) is 17.7. The first kappa shape index (κ1) is 27.4. The Morgan fingerprint density at radius 2 is 1.06 bits per heavy atom. The van der Waals surface area contributed by atoms with Crippen LogP contribution in [-0.2, 0) is 0 Å². The number of hydrogen-bond acceptors (Lipinski definition) is 4. The summed E-state index contributed by atoms with van der Waals surface area (Å²) in [5.41, 5.74) is 4.31. The minimum Gasteiger partial charge on any atom is -0.493 e. The van der Waals surface area contributed by atoms with Crippen molar-refractivity contribution in [3.05, 3.63) is 60.7 Å². The van der Waals surface area contributed by atoms with Gasteiger partial charge in [0.25, 0.3) is 0 Å². The Bertz CT molecular complexity index is 1050. The van der Waals surface area contributed by atoms with Gasteiger partial charge in [-0.05, 0) is 59.4 Å². The van der Waals surface area contributed by atoms with E-state index in [1.807, 2.05) is 24.3 Å². The highest BCUT2D eigenvalue weighted by atomic mass is 16.5. The quantitative estimate of drug-likeness (QED) is 0.188. The van der Waals surface area contributed by atoms with E-state index in [0.29, 0.717) is 24.7 Å². The maximum Gasteiger partial charge on any atom is 0.161 e. The maximum absolute atomic E-state index is 6.29. The average molecular weight is 491 g/mol. The van der Waals surface area contributed by atoms with E-state index in [-0.39, 0.29) is 0 Å². The normalized spacial score (nSPS) is 10.8. The first-order valence-corrected chi connectivity index (χ1v) is 13.4. The van der Waals surface area contributed by atoms with Crippen LogP contribution in [-0.4, -0.2) is 27.4 Å². The Balaban J connectivity index is 1.96. The predicted octanol–water partition coefficient (Wildman–Crippen LogP) is 8.96. The molecule has 4 heteroatoms. The van der Waals surface area contributed by atoms with Gasteiger partial charge in [0.2, 0.25) is 0 Å². The van der Waals surface area contributed by atoms with Crippen molar-refractivity contribution in [2.75, 3.05) is 27.4 Å². The van der Waals surface area contributed by atoms with Gasteiger partial charge in [-0.15, -0.1) is 0 Å². The average Bonchev–Trinajstić information content (AvgIpc) is 2.93. The summed E-state index contributed by atoms with van der Waals surface area (Å²) in [4.78, 5) is 0. The SMILES string of the molecule is CCCCCCOc1ccc(-c2cc(OC)c(OC)cc2-c2ccccc2)cc1OCCCCCC. The molecule has 0 unspecified atom stereocenters. The summed E-state index contributed by atoms with van der Waals surface area (Å²) >= 11 is 0. The lowest BCUT2D eigenvalue weighted by Gasteiger charge is -2.18. The summed E-state index contributed by atoms with van der Waals surface area (Å²) in [5, 5.41) is 0. The molecule has 0 spiro atoms. The molecule has 3 aromatic carbocycles. The number of unbranched alkanes of at least 4 members (excludes halogenated alkanes) is 6. The Morgan fingerprint density at radius 1 is 0.500 bits per heavy atom. The lowest BCUT2D eigenvalue weighted by Crippen LogP contribution is -2.03. The molecule has 0 aliphatic heterocycles. The van der Waals surface area contributed by atoms with Crippen molar-refractivity contribution in [3.63, 3.8) is 0 Å². The molecule has 0 saturated carbocycles. The molecule has 0 heterocycles. The number of rotatable bonds is 16. The number of hydrogen-bond donors (Lipinski definition) is 0. The Kier molecular flexibility index (Phi) is 11.5. The number of methoxy groups -OCH3 is 2. The largest absolute Gasteiger partial charge is 0.493 e. The molecule has 0 aliphatic rings. The fourth-order valence-corrected chi connectivity index (χ4v) is 4.30. The maximum atomic E-state index is 6.29. The molecule has 0 aromatic heterocycles. The summed E-state index contributed by atoms with van der Waals surface area (Å²) in [6.45, 7) is 5.84. The van der Waals surface area contributed by atoms with E-state index in [2.05, 4.69) is 50.2 Å². The van der Waals surface area contributed by atoms with Crippen molar-refractivity contribution in [2.24, 2.45) is 0 Å². The summed E-state index contributed by atoms with van der Waals surface area (Å²) in [7, 11) is 3.34. The lowest BCUT2D eigenvalue weighted by atomic mass is 9.93. The van der Waals surface area contributed by atoms with Gasteiger partial charge >= 0.3 is 0 Å². The summed E-state index contributed by atoms with van der Waals surface area (Å²) in [6.07, 6.45) is 9.37. The smallest absolute Gasteiger partial charge is 0.161 e. The molecule has 0 aliphatic carbocycles. The highest BCUT2D eigenvalue weighted by Gasteiger charge is 2.16. The highest BCUT2D eigenvalue weighted by molar-refractivity contribution is 5.86. The fraction of sp³-hybridized carbons (Fsp3) is 0.438. The molecule has 0 radical (unpaired) electrons. The van der Waals surface area contributed by atoms with Gasteiger partial charge in [0.05, 0.1) is 27.4 Å². The summed E-state index contributed by atoms with van der Waals surface area (Å²) < 4.78 is 23.7. The summed E-state index contributed by atoms with van der Waals surface area (Å²) in [5.74, 6) is 3.02. The van der Waals surface area contributed by atoms with Crippen LogP contribution < -0.4 is 18.9 Å². The third-order valence-corrected chi connectivity index (χ3v) is 6.37. The second-order valence-corrected chi connectivity index (χ2v) is 9.10. The fourth-order valence-electron chi connectivity index (χ4n) is 4.30. The third kappa shape index (κ3) is 7.68. The molecule has 3 rings (SSSR count). The van der Waals surface area contributed by atoms with Crippen LogP contribution in [0.3, 0.4) is 0 Å².